The number of carboxylic acid groups (broad SMARTS) is 3. The van der Waals surface area contributed by atoms with E-state index in [-0.39, 0.29) is 6.04 Å². The lowest BCUT2D eigenvalue weighted by atomic mass is 10.1. The monoisotopic (exact) mass is 532 g/mol. The third-order valence-corrected chi connectivity index (χ3v) is 6.06. The van der Waals surface area contributed by atoms with Gasteiger partial charge in [-0.2, -0.15) is 0 Å². The average molecular weight is 533 g/mol. The highest BCUT2D eigenvalue weighted by atomic mass is 16.4. The second-order valence-electron chi connectivity index (χ2n) is 8.59. The molecule has 0 spiro atoms. The summed E-state index contributed by atoms with van der Waals surface area (Å²) in [5.74, 6) is -1.69. The van der Waals surface area contributed by atoms with Gasteiger partial charge in [0.05, 0.1) is 0 Å². The molecular formula is C26H40N6O6. The van der Waals surface area contributed by atoms with Crippen molar-refractivity contribution in [2.75, 3.05) is 21.1 Å². The van der Waals surface area contributed by atoms with Crippen LogP contribution < -0.4 is 16.0 Å². The molecule has 2 heterocycles. The average Bonchev–Trinajstić information content (AvgIpc) is 3.44. The number of fused-ring (bicyclic) bond motifs is 1. The Kier molecular flexibility index (Phi) is 13.7. The summed E-state index contributed by atoms with van der Waals surface area (Å²) in [6, 6.07) is 6.53. The first-order valence-corrected chi connectivity index (χ1v) is 12.2. The Morgan fingerprint density at radius 3 is 1.79 bits per heavy atom. The summed E-state index contributed by atoms with van der Waals surface area (Å²) in [6.45, 7) is 1.83. The van der Waals surface area contributed by atoms with Gasteiger partial charge in [0.25, 0.3) is 0 Å². The number of hydrogen-bond donors (Lipinski definition) is 6. The van der Waals surface area contributed by atoms with Crippen molar-refractivity contribution in [2.24, 2.45) is 14.1 Å². The minimum atomic E-state index is -0.856. The van der Waals surface area contributed by atoms with Gasteiger partial charge in [0.2, 0.25) is 0 Å². The SMILES string of the molecule is CCC(NC)C(=O)O.CNC(Cc1cn(C)c2ccccc12)C(=O)O.CNC(Cc1nccn1C)C(=O)O. The van der Waals surface area contributed by atoms with E-state index in [0.717, 1.165) is 22.3 Å². The Labute approximate surface area is 222 Å². The smallest absolute Gasteiger partial charge is 0.321 e. The van der Waals surface area contributed by atoms with E-state index in [1.807, 2.05) is 60.6 Å². The molecule has 12 nitrogen and oxygen atoms in total. The summed E-state index contributed by atoms with van der Waals surface area (Å²) in [7, 11) is 8.76. The first kappa shape index (κ1) is 32.3. The number of benzene rings is 1. The van der Waals surface area contributed by atoms with Crippen molar-refractivity contribution in [2.45, 2.75) is 44.3 Å². The number of carbonyl (C=O) groups is 3. The van der Waals surface area contributed by atoms with E-state index in [1.54, 1.807) is 33.5 Å². The van der Waals surface area contributed by atoms with Gasteiger partial charge in [-0.3, -0.25) is 14.4 Å². The van der Waals surface area contributed by atoms with Crippen LogP contribution in [-0.4, -0.2) is 86.6 Å². The van der Waals surface area contributed by atoms with E-state index < -0.39 is 30.0 Å². The predicted molar refractivity (Wildman–Crippen MR) is 145 cm³/mol. The second-order valence-corrected chi connectivity index (χ2v) is 8.59. The van der Waals surface area contributed by atoms with Crippen molar-refractivity contribution in [3.8, 4) is 0 Å². The normalized spacial score (nSPS) is 12.9. The van der Waals surface area contributed by atoms with Gasteiger partial charge in [-0.25, -0.2) is 4.98 Å². The third kappa shape index (κ3) is 9.61. The Balaban J connectivity index is 0.000000306. The maximum Gasteiger partial charge on any atom is 0.321 e. The first-order chi connectivity index (χ1) is 18.0. The summed E-state index contributed by atoms with van der Waals surface area (Å²) in [5.41, 5.74) is 2.19. The molecular weight excluding hydrogens is 492 g/mol. The van der Waals surface area contributed by atoms with Gasteiger partial charge < -0.3 is 40.4 Å². The van der Waals surface area contributed by atoms with Crippen LogP contribution in [0, 0.1) is 0 Å². The standard InChI is InChI=1S/C13H16N2O2.C8H13N3O2.C5H11NO2/c1-14-11(13(16)17)7-9-8-15(2)12-6-4-3-5-10(9)12;1-9-6(8(12)13)5-7-10-3-4-11(7)2;1-3-4(6-2)5(7)8/h3-6,8,11,14H,7H2,1-2H3,(H,16,17);3-4,6,9H,5H2,1-2H3,(H,12,13);4,6H,3H2,1-2H3,(H,7,8). The maximum atomic E-state index is 11.0. The molecule has 0 aliphatic heterocycles. The van der Waals surface area contributed by atoms with Crippen molar-refractivity contribution in [3.63, 3.8) is 0 Å². The van der Waals surface area contributed by atoms with E-state index in [0.29, 0.717) is 19.3 Å². The fourth-order valence-corrected chi connectivity index (χ4v) is 3.71. The summed E-state index contributed by atoms with van der Waals surface area (Å²) in [4.78, 5) is 35.8. The van der Waals surface area contributed by atoms with Crippen LogP contribution in [0.25, 0.3) is 10.9 Å². The fraction of sp³-hybridized carbons (Fsp3) is 0.462. The number of imidazole rings is 1. The third-order valence-electron chi connectivity index (χ3n) is 6.06. The summed E-state index contributed by atoms with van der Waals surface area (Å²) >= 11 is 0. The highest BCUT2D eigenvalue weighted by Crippen LogP contribution is 2.21. The summed E-state index contributed by atoms with van der Waals surface area (Å²) in [5, 5.41) is 35.4. The maximum absolute atomic E-state index is 11.0. The number of rotatable bonds is 11. The molecule has 6 N–H and O–H groups in total. The lowest BCUT2D eigenvalue weighted by Gasteiger charge is -2.10. The lowest BCUT2D eigenvalue weighted by molar-refractivity contribution is -0.140. The van der Waals surface area contributed by atoms with Gasteiger partial charge in [-0.1, -0.05) is 25.1 Å². The highest BCUT2D eigenvalue weighted by Gasteiger charge is 2.18. The molecule has 0 bridgehead atoms. The molecule has 3 atom stereocenters. The topological polar surface area (TPSA) is 171 Å². The molecule has 0 aliphatic rings. The zero-order valence-corrected chi connectivity index (χ0v) is 22.8. The number of aliphatic carboxylic acids is 3. The van der Waals surface area contributed by atoms with Gasteiger partial charge in [0.15, 0.2) is 0 Å². The number of likely N-dealkylation sites (N-methyl/N-ethyl adjacent to an activating group) is 3. The molecule has 12 heteroatoms. The lowest BCUT2D eigenvalue weighted by Crippen LogP contribution is -2.36. The molecule has 0 amide bonds. The Hall–Kier alpha value is -3.74. The number of nitrogens with one attached hydrogen (secondary N) is 3. The van der Waals surface area contributed by atoms with Crippen LogP contribution in [0.4, 0.5) is 0 Å². The Bertz CT molecular complexity index is 1170. The number of nitrogens with zero attached hydrogens (tertiary/aromatic N) is 3. The molecule has 2 aromatic heterocycles. The van der Waals surface area contributed by atoms with Gasteiger partial charge in [-0.05, 0) is 39.2 Å². The minimum absolute atomic E-state index is 0.380. The second kappa shape index (κ2) is 16.2. The zero-order chi connectivity index (χ0) is 28.8. The highest BCUT2D eigenvalue weighted by molar-refractivity contribution is 5.85. The number of aryl methyl sites for hydroxylation is 2. The van der Waals surface area contributed by atoms with Crippen LogP contribution in [0.3, 0.4) is 0 Å². The van der Waals surface area contributed by atoms with E-state index in [9.17, 15) is 14.4 Å². The number of hydrogen-bond acceptors (Lipinski definition) is 7. The van der Waals surface area contributed by atoms with Crippen molar-refractivity contribution in [1.82, 2.24) is 30.1 Å². The number of carboxylic acids is 3. The molecule has 0 aliphatic carbocycles. The molecule has 210 valence electrons. The van der Waals surface area contributed by atoms with Crippen molar-refractivity contribution in [1.29, 1.82) is 0 Å². The molecule has 3 rings (SSSR count). The fourth-order valence-electron chi connectivity index (χ4n) is 3.71. The van der Waals surface area contributed by atoms with E-state index >= 15 is 0 Å². The Morgan fingerprint density at radius 1 is 0.842 bits per heavy atom. The minimum Gasteiger partial charge on any atom is -0.480 e. The number of para-hydroxylation sites is 1. The van der Waals surface area contributed by atoms with Gasteiger partial charge in [0, 0.05) is 56.4 Å². The van der Waals surface area contributed by atoms with Crippen LogP contribution >= 0.6 is 0 Å². The van der Waals surface area contributed by atoms with E-state index in [4.69, 9.17) is 15.3 Å². The Morgan fingerprint density at radius 2 is 1.37 bits per heavy atom. The van der Waals surface area contributed by atoms with Gasteiger partial charge >= 0.3 is 17.9 Å². The van der Waals surface area contributed by atoms with Crippen LogP contribution in [0.1, 0.15) is 24.7 Å². The molecule has 0 saturated heterocycles. The summed E-state index contributed by atoms with van der Waals surface area (Å²) in [6.07, 6.45) is 6.97. The predicted octanol–water partition coefficient (Wildman–Crippen LogP) is 1.10. The van der Waals surface area contributed by atoms with Crippen LogP contribution in [0.2, 0.25) is 0 Å². The first-order valence-electron chi connectivity index (χ1n) is 12.2. The van der Waals surface area contributed by atoms with Crippen LogP contribution in [0.15, 0.2) is 42.9 Å². The van der Waals surface area contributed by atoms with Crippen LogP contribution in [0.5, 0.6) is 0 Å². The largest absolute Gasteiger partial charge is 0.480 e. The quantitative estimate of drug-likeness (QED) is 0.210. The van der Waals surface area contributed by atoms with Gasteiger partial charge in [0.1, 0.15) is 23.9 Å². The van der Waals surface area contributed by atoms with Crippen molar-refractivity contribution < 1.29 is 29.7 Å². The van der Waals surface area contributed by atoms with Gasteiger partial charge in [-0.15, -0.1) is 0 Å². The van der Waals surface area contributed by atoms with Crippen LogP contribution in [-0.2, 0) is 41.3 Å². The molecule has 38 heavy (non-hydrogen) atoms. The van der Waals surface area contributed by atoms with Crippen molar-refractivity contribution in [3.05, 3.63) is 54.2 Å². The zero-order valence-electron chi connectivity index (χ0n) is 22.8. The molecule has 0 fully saturated rings. The molecule has 1 aromatic carbocycles. The molecule has 3 unspecified atom stereocenters. The molecule has 0 saturated carbocycles. The van der Waals surface area contributed by atoms with E-state index in [1.165, 1.54) is 0 Å². The van der Waals surface area contributed by atoms with Crippen molar-refractivity contribution >= 4 is 28.8 Å². The number of aromatic nitrogens is 3. The molecule has 3 aromatic rings. The summed E-state index contributed by atoms with van der Waals surface area (Å²) < 4.78 is 3.84. The van der Waals surface area contributed by atoms with E-state index in [2.05, 4.69) is 20.9 Å². The molecule has 0 radical (unpaired) electrons.